The lowest BCUT2D eigenvalue weighted by atomic mass is 10.3. The summed E-state index contributed by atoms with van der Waals surface area (Å²) < 4.78 is 6.09. The van der Waals surface area contributed by atoms with Crippen molar-refractivity contribution in [1.29, 1.82) is 0 Å². The predicted molar refractivity (Wildman–Crippen MR) is 45.6 cm³/mol. The van der Waals surface area contributed by atoms with Crippen molar-refractivity contribution in [3.05, 3.63) is 17.5 Å². The number of aromatic nitrogens is 2. The second-order valence-electron chi connectivity index (χ2n) is 2.52. The number of carbonyl (C=O) groups excluding carboxylic acids is 1. The second-order valence-corrected chi connectivity index (χ2v) is 2.52. The quantitative estimate of drug-likeness (QED) is 0.364. The first-order chi connectivity index (χ1) is 6.19. The molecule has 0 aromatic carbocycles. The number of carbonyl (C=O) groups is 1. The minimum absolute atomic E-state index is 0.287. The van der Waals surface area contributed by atoms with E-state index in [1.807, 2.05) is 0 Å². The number of methoxy groups -OCH3 is 1. The molecule has 1 heterocycles. The molecule has 0 aliphatic carbocycles. The zero-order chi connectivity index (χ0) is 9.84. The Bertz CT molecular complexity index is 307. The zero-order valence-corrected chi connectivity index (χ0v) is 7.57. The SMILES string of the molecule is COC(=O)c1cc(CNN)n(C)n1. The summed E-state index contributed by atoms with van der Waals surface area (Å²) in [5.41, 5.74) is 3.59. The van der Waals surface area contributed by atoms with Gasteiger partial charge in [0.05, 0.1) is 19.3 Å². The summed E-state index contributed by atoms with van der Waals surface area (Å²) in [6.45, 7) is 0.459. The molecule has 0 saturated heterocycles. The first-order valence-electron chi connectivity index (χ1n) is 3.73. The smallest absolute Gasteiger partial charge is 0.358 e. The van der Waals surface area contributed by atoms with Gasteiger partial charge in [-0.1, -0.05) is 0 Å². The zero-order valence-electron chi connectivity index (χ0n) is 7.57. The minimum Gasteiger partial charge on any atom is -0.464 e. The number of hydrogen-bond donors (Lipinski definition) is 2. The van der Waals surface area contributed by atoms with Crippen LogP contribution in [0.25, 0.3) is 0 Å². The third kappa shape index (κ3) is 2.04. The van der Waals surface area contributed by atoms with Gasteiger partial charge in [-0.2, -0.15) is 5.10 Å². The highest BCUT2D eigenvalue weighted by Gasteiger charge is 2.11. The second kappa shape index (κ2) is 4.01. The Hall–Kier alpha value is -1.40. The molecule has 0 aliphatic rings. The number of nitrogens with one attached hydrogen (secondary N) is 1. The molecule has 0 fully saturated rings. The van der Waals surface area contributed by atoms with Crippen LogP contribution >= 0.6 is 0 Å². The lowest BCUT2D eigenvalue weighted by Crippen LogP contribution is -2.22. The van der Waals surface area contributed by atoms with Crippen molar-refractivity contribution in [2.45, 2.75) is 6.54 Å². The summed E-state index contributed by atoms with van der Waals surface area (Å²) in [7, 11) is 3.05. The van der Waals surface area contributed by atoms with E-state index in [-0.39, 0.29) is 5.69 Å². The molecule has 6 heteroatoms. The van der Waals surface area contributed by atoms with Crippen molar-refractivity contribution in [1.82, 2.24) is 15.2 Å². The average Bonchev–Trinajstić information content (AvgIpc) is 2.47. The van der Waals surface area contributed by atoms with Crippen LogP contribution in [-0.4, -0.2) is 22.9 Å². The molecule has 1 aromatic heterocycles. The molecule has 0 saturated carbocycles. The van der Waals surface area contributed by atoms with E-state index >= 15 is 0 Å². The van der Waals surface area contributed by atoms with E-state index in [0.29, 0.717) is 6.54 Å². The number of esters is 1. The molecule has 6 nitrogen and oxygen atoms in total. The minimum atomic E-state index is -0.445. The largest absolute Gasteiger partial charge is 0.464 e. The number of hydrazine groups is 1. The Morgan fingerprint density at radius 1 is 1.85 bits per heavy atom. The van der Waals surface area contributed by atoms with Crippen molar-refractivity contribution in [3.63, 3.8) is 0 Å². The van der Waals surface area contributed by atoms with Crippen LogP contribution in [0.5, 0.6) is 0 Å². The predicted octanol–water partition coefficient (Wildman–Crippen LogP) is -0.830. The van der Waals surface area contributed by atoms with Gasteiger partial charge in [-0.15, -0.1) is 0 Å². The molecule has 0 spiro atoms. The van der Waals surface area contributed by atoms with Gasteiger partial charge in [-0.3, -0.25) is 16.0 Å². The number of nitrogens with zero attached hydrogens (tertiary/aromatic N) is 2. The van der Waals surface area contributed by atoms with Crippen LogP contribution in [0.1, 0.15) is 16.2 Å². The molecule has 0 aliphatic heterocycles. The van der Waals surface area contributed by atoms with Gasteiger partial charge in [-0.25, -0.2) is 4.79 Å². The highest BCUT2D eigenvalue weighted by molar-refractivity contribution is 5.87. The van der Waals surface area contributed by atoms with Crippen LogP contribution in [0.4, 0.5) is 0 Å². The van der Waals surface area contributed by atoms with Gasteiger partial charge in [-0.05, 0) is 6.07 Å². The molecule has 0 atom stereocenters. The van der Waals surface area contributed by atoms with Crippen LogP contribution in [0.15, 0.2) is 6.07 Å². The Balaban J connectivity index is 2.88. The third-order valence-electron chi connectivity index (χ3n) is 1.65. The van der Waals surface area contributed by atoms with Gasteiger partial charge in [0.25, 0.3) is 0 Å². The Morgan fingerprint density at radius 3 is 3.08 bits per heavy atom. The Labute approximate surface area is 75.6 Å². The summed E-state index contributed by atoms with van der Waals surface area (Å²) in [5, 5.41) is 3.95. The van der Waals surface area contributed by atoms with Crippen molar-refractivity contribution in [2.24, 2.45) is 12.9 Å². The van der Waals surface area contributed by atoms with E-state index in [9.17, 15) is 4.79 Å². The van der Waals surface area contributed by atoms with Crippen molar-refractivity contribution in [3.8, 4) is 0 Å². The molecule has 0 bridgehead atoms. The van der Waals surface area contributed by atoms with E-state index in [0.717, 1.165) is 5.69 Å². The fraction of sp³-hybridized carbons (Fsp3) is 0.429. The summed E-state index contributed by atoms with van der Waals surface area (Å²) in [6.07, 6.45) is 0. The number of rotatable bonds is 3. The maximum absolute atomic E-state index is 11.0. The van der Waals surface area contributed by atoms with Gasteiger partial charge in [0.2, 0.25) is 0 Å². The Kier molecular flexibility index (Phi) is 2.99. The molecule has 1 aromatic rings. The molecule has 13 heavy (non-hydrogen) atoms. The average molecular weight is 184 g/mol. The van der Waals surface area contributed by atoms with Gasteiger partial charge >= 0.3 is 5.97 Å². The highest BCUT2D eigenvalue weighted by atomic mass is 16.5. The van der Waals surface area contributed by atoms with Crippen LogP contribution < -0.4 is 11.3 Å². The Morgan fingerprint density at radius 2 is 2.54 bits per heavy atom. The van der Waals surface area contributed by atoms with Crippen LogP contribution in [-0.2, 0) is 18.3 Å². The first kappa shape index (κ1) is 9.69. The molecular weight excluding hydrogens is 172 g/mol. The van der Waals surface area contributed by atoms with E-state index in [4.69, 9.17) is 5.84 Å². The van der Waals surface area contributed by atoms with Crippen molar-refractivity contribution in [2.75, 3.05) is 7.11 Å². The van der Waals surface area contributed by atoms with E-state index < -0.39 is 5.97 Å². The van der Waals surface area contributed by atoms with Gasteiger partial charge in [0.1, 0.15) is 0 Å². The number of hydrogen-bond acceptors (Lipinski definition) is 5. The van der Waals surface area contributed by atoms with Crippen molar-refractivity contribution >= 4 is 5.97 Å². The molecule has 0 radical (unpaired) electrons. The van der Waals surface area contributed by atoms with Crippen LogP contribution in [0, 0.1) is 0 Å². The lowest BCUT2D eigenvalue weighted by molar-refractivity contribution is 0.0593. The molecular formula is C7H12N4O2. The molecule has 0 amide bonds. The fourth-order valence-corrected chi connectivity index (χ4v) is 0.980. The van der Waals surface area contributed by atoms with Gasteiger partial charge in [0.15, 0.2) is 5.69 Å². The number of ether oxygens (including phenoxy) is 1. The molecule has 72 valence electrons. The number of nitrogens with two attached hydrogens (primary N) is 1. The fourth-order valence-electron chi connectivity index (χ4n) is 0.980. The third-order valence-corrected chi connectivity index (χ3v) is 1.65. The van der Waals surface area contributed by atoms with Gasteiger partial charge in [0, 0.05) is 7.05 Å². The van der Waals surface area contributed by atoms with E-state index in [1.165, 1.54) is 7.11 Å². The lowest BCUT2D eigenvalue weighted by Gasteiger charge is -1.97. The van der Waals surface area contributed by atoms with Crippen molar-refractivity contribution < 1.29 is 9.53 Å². The molecule has 1 rings (SSSR count). The monoisotopic (exact) mass is 184 g/mol. The van der Waals surface area contributed by atoms with E-state index in [1.54, 1.807) is 17.8 Å². The normalized spacial score (nSPS) is 10.1. The number of aryl methyl sites for hydroxylation is 1. The summed E-state index contributed by atoms with van der Waals surface area (Å²) >= 11 is 0. The topological polar surface area (TPSA) is 82.2 Å². The standard InChI is InChI=1S/C7H12N4O2/c1-11-5(4-9-8)3-6(10-11)7(12)13-2/h3,9H,4,8H2,1-2H3. The maximum Gasteiger partial charge on any atom is 0.358 e. The summed E-state index contributed by atoms with van der Waals surface area (Å²) in [4.78, 5) is 11.0. The van der Waals surface area contributed by atoms with E-state index in [2.05, 4.69) is 15.3 Å². The summed E-state index contributed by atoms with van der Waals surface area (Å²) in [6, 6.07) is 1.63. The maximum atomic E-state index is 11.0. The molecule has 3 N–H and O–H groups in total. The van der Waals surface area contributed by atoms with Gasteiger partial charge < -0.3 is 4.74 Å². The first-order valence-corrected chi connectivity index (χ1v) is 3.73. The van der Waals surface area contributed by atoms with Crippen LogP contribution in [0.3, 0.4) is 0 Å². The summed E-state index contributed by atoms with van der Waals surface area (Å²) in [5.74, 6) is 4.69. The van der Waals surface area contributed by atoms with Crippen LogP contribution in [0.2, 0.25) is 0 Å². The highest BCUT2D eigenvalue weighted by Crippen LogP contribution is 2.03. The molecule has 0 unspecified atom stereocenters.